The second-order valence-corrected chi connectivity index (χ2v) is 11.1. The lowest BCUT2D eigenvalue weighted by Gasteiger charge is -2.44. The van der Waals surface area contributed by atoms with E-state index in [-0.39, 0.29) is 0 Å². The van der Waals surface area contributed by atoms with Crippen LogP contribution in [0.2, 0.25) is 0 Å². The van der Waals surface area contributed by atoms with E-state index < -0.39 is 17.8 Å². The minimum atomic E-state index is -0.689. The van der Waals surface area contributed by atoms with Crippen LogP contribution in [0.15, 0.2) is 59.8 Å². The first-order valence-electron chi connectivity index (χ1n) is 13.2. The summed E-state index contributed by atoms with van der Waals surface area (Å²) in [5.74, 6) is 1.77. The fourth-order valence-corrected chi connectivity index (χ4v) is 6.70. The second kappa shape index (κ2) is 10.9. The topological polar surface area (TPSA) is 60.7 Å². The SMILES string of the molecule is C=C1/C(=C/C=C2/CCC[C@]3(C)[C@@H]([C@H](C)/C=C/C=C/C(O)(CC)CC)CC[C@@H]23)C[C@@H](O)C[C@@H]1O. The summed E-state index contributed by atoms with van der Waals surface area (Å²) in [6, 6.07) is 0. The molecule has 3 aliphatic carbocycles. The molecule has 0 spiro atoms. The molecule has 0 aromatic rings. The van der Waals surface area contributed by atoms with Crippen molar-refractivity contribution in [2.45, 2.75) is 103 Å². The van der Waals surface area contributed by atoms with E-state index >= 15 is 0 Å². The van der Waals surface area contributed by atoms with E-state index in [1.807, 2.05) is 26.0 Å². The Morgan fingerprint density at radius 1 is 1.15 bits per heavy atom. The average molecular weight is 455 g/mol. The molecule has 184 valence electrons. The van der Waals surface area contributed by atoms with Gasteiger partial charge in [0.15, 0.2) is 0 Å². The summed E-state index contributed by atoms with van der Waals surface area (Å²) >= 11 is 0. The molecule has 3 heteroatoms. The first-order valence-corrected chi connectivity index (χ1v) is 13.2. The zero-order valence-electron chi connectivity index (χ0n) is 21.3. The molecule has 3 nitrogen and oxygen atoms in total. The summed E-state index contributed by atoms with van der Waals surface area (Å²) in [5.41, 5.74) is 2.92. The van der Waals surface area contributed by atoms with Crippen molar-refractivity contribution in [1.82, 2.24) is 0 Å². The highest BCUT2D eigenvalue weighted by Gasteiger charge is 2.50. The largest absolute Gasteiger partial charge is 0.393 e. The van der Waals surface area contributed by atoms with Gasteiger partial charge in [-0.05, 0) is 85.7 Å². The second-order valence-electron chi connectivity index (χ2n) is 11.1. The summed E-state index contributed by atoms with van der Waals surface area (Å²) in [7, 11) is 0. The van der Waals surface area contributed by atoms with Crippen molar-refractivity contribution in [2.24, 2.45) is 23.2 Å². The van der Waals surface area contributed by atoms with Crippen LogP contribution in [0.3, 0.4) is 0 Å². The first kappa shape index (κ1) is 26.2. The summed E-state index contributed by atoms with van der Waals surface area (Å²) in [6.07, 6.45) is 20.3. The molecule has 0 bridgehead atoms. The highest BCUT2D eigenvalue weighted by Crippen LogP contribution is 2.59. The molecule has 3 fully saturated rings. The molecule has 3 rings (SSSR count). The highest BCUT2D eigenvalue weighted by atomic mass is 16.3. The Morgan fingerprint density at radius 3 is 2.58 bits per heavy atom. The zero-order chi connectivity index (χ0) is 24.2. The molecule has 0 aromatic carbocycles. The van der Waals surface area contributed by atoms with Crippen LogP contribution >= 0.6 is 0 Å². The number of hydrogen-bond acceptors (Lipinski definition) is 3. The van der Waals surface area contributed by atoms with Gasteiger partial charge in [-0.15, -0.1) is 0 Å². The molecule has 0 radical (unpaired) electrons. The van der Waals surface area contributed by atoms with Crippen LogP contribution in [0.4, 0.5) is 0 Å². The Labute approximate surface area is 201 Å². The fourth-order valence-electron chi connectivity index (χ4n) is 6.70. The van der Waals surface area contributed by atoms with Crippen LogP contribution in [0.25, 0.3) is 0 Å². The molecule has 0 saturated heterocycles. The lowest BCUT2D eigenvalue weighted by atomic mass is 9.61. The van der Waals surface area contributed by atoms with Crippen molar-refractivity contribution in [2.75, 3.05) is 0 Å². The van der Waals surface area contributed by atoms with Gasteiger partial charge in [0.1, 0.15) is 0 Å². The van der Waals surface area contributed by atoms with Gasteiger partial charge in [0, 0.05) is 6.42 Å². The minimum absolute atomic E-state index is 0.312. The summed E-state index contributed by atoms with van der Waals surface area (Å²) < 4.78 is 0. The third kappa shape index (κ3) is 5.81. The van der Waals surface area contributed by atoms with Crippen LogP contribution < -0.4 is 0 Å². The monoisotopic (exact) mass is 454 g/mol. The smallest absolute Gasteiger partial charge is 0.0825 e. The predicted molar refractivity (Wildman–Crippen MR) is 138 cm³/mol. The quantitative estimate of drug-likeness (QED) is 0.389. The molecule has 3 saturated carbocycles. The molecular formula is C30H46O3. The molecule has 3 aliphatic rings. The van der Waals surface area contributed by atoms with Gasteiger partial charge in [-0.25, -0.2) is 0 Å². The molecule has 0 aliphatic heterocycles. The molecular weight excluding hydrogens is 408 g/mol. The van der Waals surface area contributed by atoms with E-state index in [0.717, 1.165) is 30.4 Å². The Balaban J connectivity index is 1.72. The average Bonchev–Trinajstić information content (AvgIpc) is 3.15. The Kier molecular flexibility index (Phi) is 8.64. The molecule has 6 atom stereocenters. The number of allylic oxidation sites excluding steroid dienone is 6. The van der Waals surface area contributed by atoms with Crippen molar-refractivity contribution >= 4 is 0 Å². The van der Waals surface area contributed by atoms with Gasteiger partial charge in [0.25, 0.3) is 0 Å². The fraction of sp³-hybridized carbons (Fsp3) is 0.667. The third-order valence-corrected chi connectivity index (χ3v) is 9.09. The predicted octanol–water partition coefficient (Wildman–Crippen LogP) is 6.43. The maximum atomic E-state index is 10.5. The van der Waals surface area contributed by atoms with Gasteiger partial charge in [-0.1, -0.05) is 76.3 Å². The third-order valence-electron chi connectivity index (χ3n) is 9.09. The van der Waals surface area contributed by atoms with Gasteiger partial charge in [0.2, 0.25) is 0 Å². The molecule has 0 aromatic heterocycles. The first-order chi connectivity index (χ1) is 15.6. The van der Waals surface area contributed by atoms with Crippen LogP contribution in [-0.2, 0) is 0 Å². The number of fused-ring (bicyclic) bond motifs is 1. The van der Waals surface area contributed by atoms with E-state index in [0.29, 0.717) is 36.0 Å². The van der Waals surface area contributed by atoms with E-state index in [1.165, 1.54) is 31.3 Å². The highest BCUT2D eigenvalue weighted by molar-refractivity contribution is 5.38. The van der Waals surface area contributed by atoms with Crippen LogP contribution in [-0.4, -0.2) is 33.1 Å². The van der Waals surface area contributed by atoms with Crippen molar-refractivity contribution < 1.29 is 15.3 Å². The Morgan fingerprint density at radius 2 is 1.88 bits per heavy atom. The lowest BCUT2D eigenvalue weighted by Crippen LogP contribution is -2.35. The van der Waals surface area contributed by atoms with E-state index in [4.69, 9.17) is 0 Å². The number of aliphatic hydroxyl groups excluding tert-OH is 2. The zero-order valence-corrected chi connectivity index (χ0v) is 21.3. The van der Waals surface area contributed by atoms with Crippen molar-refractivity contribution in [3.05, 3.63) is 59.8 Å². The summed E-state index contributed by atoms with van der Waals surface area (Å²) in [4.78, 5) is 0. The van der Waals surface area contributed by atoms with Crippen LogP contribution in [0.1, 0.15) is 85.5 Å². The van der Waals surface area contributed by atoms with Gasteiger partial charge < -0.3 is 15.3 Å². The number of rotatable bonds is 7. The standard InChI is InChI=1S/C30H46O3/c1-6-30(33,7-2)18-9-8-11-21(3)26-15-16-27-23(12-10-17-29(26,27)5)13-14-24-19-25(31)20-28(32)22(24)4/h8-9,11,13-14,18,21,25-28,31-33H,4,6-7,10,12,15-17,19-20H2,1-3,5H3/b11-8+,18-9+,23-13-,24-14+/t21-,25-,26-,27+,28+,29-/m1/s1. The Bertz CT molecular complexity index is 812. The number of hydrogen-bond donors (Lipinski definition) is 3. The number of aliphatic hydroxyl groups is 3. The molecule has 0 amide bonds. The maximum Gasteiger partial charge on any atom is 0.0825 e. The van der Waals surface area contributed by atoms with Crippen LogP contribution in [0, 0.1) is 23.2 Å². The normalized spacial score (nSPS) is 36.9. The summed E-state index contributed by atoms with van der Waals surface area (Å²) in [6.45, 7) is 13.0. The molecule has 33 heavy (non-hydrogen) atoms. The van der Waals surface area contributed by atoms with E-state index in [2.05, 4.69) is 44.7 Å². The van der Waals surface area contributed by atoms with Crippen molar-refractivity contribution in [3.63, 3.8) is 0 Å². The van der Waals surface area contributed by atoms with E-state index in [1.54, 1.807) is 0 Å². The molecule has 3 N–H and O–H groups in total. The van der Waals surface area contributed by atoms with Gasteiger partial charge in [0.05, 0.1) is 17.8 Å². The van der Waals surface area contributed by atoms with Crippen molar-refractivity contribution in [3.8, 4) is 0 Å². The molecule has 0 unspecified atom stereocenters. The van der Waals surface area contributed by atoms with Crippen LogP contribution in [0.5, 0.6) is 0 Å². The lowest BCUT2D eigenvalue weighted by molar-refractivity contribution is 0.0827. The summed E-state index contributed by atoms with van der Waals surface area (Å²) in [5, 5.41) is 30.7. The van der Waals surface area contributed by atoms with E-state index in [9.17, 15) is 15.3 Å². The van der Waals surface area contributed by atoms with Gasteiger partial charge in [-0.3, -0.25) is 0 Å². The Hall–Kier alpha value is -1.42. The molecule has 0 heterocycles. The van der Waals surface area contributed by atoms with Gasteiger partial charge in [-0.2, -0.15) is 0 Å². The minimum Gasteiger partial charge on any atom is -0.393 e. The van der Waals surface area contributed by atoms with Gasteiger partial charge >= 0.3 is 0 Å². The van der Waals surface area contributed by atoms with Crippen molar-refractivity contribution in [1.29, 1.82) is 0 Å². The maximum absolute atomic E-state index is 10.5.